The first-order valence-electron chi connectivity index (χ1n) is 8.97. The summed E-state index contributed by atoms with van der Waals surface area (Å²) in [6, 6.07) is 7.72. The second-order valence-corrected chi connectivity index (χ2v) is 8.14. The van der Waals surface area contributed by atoms with E-state index in [1.54, 1.807) is 13.2 Å². The van der Waals surface area contributed by atoms with Crippen molar-refractivity contribution in [1.29, 1.82) is 0 Å². The average molecular weight is 407 g/mol. The van der Waals surface area contributed by atoms with Crippen molar-refractivity contribution < 1.29 is 9.59 Å². The van der Waals surface area contributed by atoms with Crippen molar-refractivity contribution in [2.24, 2.45) is 5.92 Å². The molecule has 0 unspecified atom stereocenters. The number of likely N-dealkylation sites (tertiary alicyclic amines) is 1. The average Bonchev–Trinajstić information content (AvgIpc) is 3.10. The van der Waals surface area contributed by atoms with Crippen molar-refractivity contribution >= 4 is 39.9 Å². The summed E-state index contributed by atoms with van der Waals surface area (Å²) in [5, 5.41) is 6.90. The molecule has 8 heteroatoms. The van der Waals surface area contributed by atoms with E-state index in [-0.39, 0.29) is 17.7 Å². The van der Waals surface area contributed by atoms with E-state index in [1.165, 1.54) is 11.3 Å². The lowest BCUT2D eigenvalue weighted by atomic mass is 9.96. The molecule has 2 heterocycles. The Morgan fingerprint density at radius 1 is 1.30 bits per heavy atom. The molecule has 144 valence electrons. The summed E-state index contributed by atoms with van der Waals surface area (Å²) < 4.78 is 0. The Balaban J connectivity index is 1.47. The van der Waals surface area contributed by atoms with Gasteiger partial charge in [-0.25, -0.2) is 4.98 Å². The van der Waals surface area contributed by atoms with Crippen molar-refractivity contribution in [3.8, 4) is 0 Å². The van der Waals surface area contributed by atoms with Crippen molar-refractivity contribution in [3.63, 3.8) is 0 Å². The molecular weight excluding hydrogens is 384 g/mol. The molecule has 2 aromatic rings. The molecule has 0 radical (unpaired) electrons. The number of thiazole rings is 1. The van der Waals surface area contributed by atoms with Gasteiger partial charge in [0.25, 0.3) is 0 Å². The molecule has 27 heavy (non-hydrogen) atoms. The number of rotatable bonds is 6. The highest BCUT2D eigenvalue weighted by Gasteiger charge is 2.25. The molecule has 1 saturated heterocycles. The number of amides is 2. The van der Waals surface area contributed by atoms with Crippen molar-refractivity contribution in [2.45, 2.75) is 19.3 Å². The van der Waals surface area contributed by atoms with Gasteiger partial charge < -0.3 is 10.6 Å². The first kappa shape index (κ1) is 19.8. The SMILES string of the molecule is CNC(=O)C1CCN(CC(=O)Nc2ncc(Cc3ccccc3Cl)s2)CC1. The number of piperidine rings is 1. The predicted octanol–water partition coefficient (Wildman–Crippen LogP) is 2.78. The maximum atomic E-state index is 12.3. The Labute approximate surface area is 167 Å². The summed E-state index contributed by atoms with van der Waals surface area (Å²) in [5.74, 6) is 0.0700. The normalized spacial score (nSPS) is 15.5. The summed E-state index contributed by atoms with van der Waals surface area (Å²) in [5.41, 5.74) is 1.04. The molecule has 3 rings (SSSR count). The van der Waals surface area contributed by atoms with Crippen LogP contribution in [0.25, 0.3) is 0 Å². The zero-order valence-electron chi connectivity index (χ0n) is 15.2. The smallest absolute Gasteiger partial charge is 0.240 e. The molecule has 2 amide bonds. The fraction of sp³-hybridized carbons (Fsp3) is 0.421. The number of nitrogens with one attached hydrogen (secondary N) is 2. The van der Waals surface area contributed by atoms with E-state index >= 15 is 0 Å². The number of carbonyl (C=O) groups excluding carboxylic acids is 2. The molecule has 0 spiro atoms. The van der Waals surface area contributed by atoms with E-state index in [0.29, 0.717) is 18.1 Å². The maximum Gasteiger partial charge on any atom is 0.240 e. The number of carbonyl (C=O) groups is 2. The zero-order valence-corrected chi connectivity index (χ0v) is 16.8. The van der Waals surface area contributed by atoms with E-state index in [4.69, 9.17) is 11.6 Å². The largest absolute Gasteiger partial charge is 0.359 e. The second-order valence-electron chi connectivity index (χ2n) is 6.61. The van der Waals surface area contributed by atoms with E-state index in [2.05, 4.69) is 20.5 Å². The standard InChI is InChI=1S/C19H23ClN4O2S/c1-21-18(26)13-6-8-24(9-7-13)12-17(25)23-19-22-11-15(27-19)10-14-4-2-3-5-16(14)20/h2-5,11,13H,6-10,12H2,1H3,(H,21,26)(H,22,23,25). The molecule has 0 saturated carbocycles. The van der Waals surface area contributed by atoms with Crippen LogP contribution in [0.5, 0.6) is 0 Å². The Kier molecular flexibility index (Phi) is 6.82. The van der Waals surface area contributed by atoms with Gasteiger partial charge >= 0.3 is 0 Å². The van der Waals surface area contributed by atoms with Gasteiger partial charge in [0.15, 0.2) is 5.13 Å². The van der Waals surface area contributed by atoms with Crippen molar-refractivity contribution in [2.75, 3.05) is 32.0 Å². The van der Waals surface area contributed by atoms with Crippen LogP contribution in [-0.2, 0) is 16.0 Å². The molecule has 1 aromatic carbocycles. The van der Waals surface area contributed by atoms with E-state index in [1.807, 2.05) is 24.3 Å². The Morgan fingerprint density at radius 2 is 2.04 bits per heavy atom. The molecule has 0 bridgehead atoms. The third-order valence-electron chi connectivity index (χ3n) is 4.69. The Hall–Kier alpha value is -1.96. The highest BCUT2D eigenvalue weighted by atomic mass is 35.5. The Morgan fingerprint density at radius 3 is 2.74 bits per heavy atom. The van der Waals surface area contributed by atoms with Crippen molar-refractivity contribution in [3.05, 3.63) is 45.9 Å². The molecule has 1 aromatic heterocycles. The highest BCUT2D eigenvalue weighted by molar-refractivity contribution is 7.15. The third-order valence-corrected chi connectivity index (χ3v) is 5.98. The van der Waals surface area contributed by atoms with Crippen LogP contribution in [0.1, 0.15) is 23.3 Å². The summed E-state index contributed by atoms with van der Waals surface area (Å²) in [7, 11) is 1.66. The lowest BCUT2D eigenvalue weighted by Crippen LogP contribution is -2.42. The number of hydrogen-bond donors (Lipinski definition) is 2. The number of halogens is 1. The van der Waals surface area contributed by atoms with Crippen LogP contribution < -0.4 is 10.6 Å². The third kappa shape index (κ3) is 5.51. The fourth-order valence-corrected chi connectivity index (χ4v) is 4.25. The van der Waals surface area contributed by atoms with Gasteiger partial charge in [-0.2, -0.15) is 0 Å². The minimum absolute atomic E-state index is 0.0562. The molecule has 0 atom stereocenters. The lowest BCUT2D eigenvalue weighted by Gasteiger charge is -2.30. The first-order chi connectivity index (χ1) is 13.0. The highest BCUT2D eigenvalue weighted by Crippen LogP contribution is 2.25. The molecule has 0 aliphatic carbocycles. The summed E-state index contributed by atoms with van der Waals surface area (Å²) in [6.07, 6.45) is 4.04. The van der Waals surface area contributed by atoms with Gasteiger partial charge in [0.2, 0.25) is 11.8 Å². The number of hydrogen-bond acceptors (Lipinski definition) is 5. The van der Waals surface area contributed by atoms with Crippen LogP contribution in [0.4, 0.5) is 5.13 Å². The fourth-order valence-electron chi connectivity index (χ4n) is 3.20. The van der Waals surface area contributed by atoms with Crippen LogP contribution >= 0.6 is 22.9 Å². The second kappa shape index (κ2) is 9.30. The summed E-state index contributed by atoms with van der Waals surface area (Å²) >= 11 is 7.66. The number of nitrogens with zero attached hydrogens (tertiary/aromatic N) is 2. The number of aromatic nitrogens is 1. The lowest BCUT2D eigenvalue weighted by molar-refractivity contribution is -0.126. The predicted molar refractivity (Wildman–Crippen MR) is 108 cm³/mol. The van der Waals surface area contributed by atoms with E-state index in [9.17, 15) is 9.59 Å². The van der Waals surface area contributed by atoms with Gasteiger partial charge in [0, 0.05) is 35.5 Å². The first-order valence-corrected chi connectivity index (χ1v) is 10.2. The van der Waals surface area contributed by atoms with Gasteiger partial charge in [-0.1, -0.05) is 29.8 Å². The van der Waals surface area contributed by atoms with Gasteiger partial charge in [-0.05, 0) is 37.6 Å². The molecule has 2 N–H and O–H groups in total. The number of benzene rings is 1. The monoisotopic (exact) mass is 406 g/mol. The van der Waals surface area contributed by atoms with Gasteiger partial charge in [-0.15, -0.1) is 11.3 Å². The topological polar surface area (TPSA) is 74.3 Å². The number of anilines is 1. The quantitative estimate of drug-likeness (QED) is 0.773. The molecule has 6 nitrogen and oxygen atoms in total. The van der Waals surface area contributed by atoms with Gasteiger partial charge in [0.05, 0.1) is 6.54 Å². The minimum atomic E-state index is -0.0768. The summed E-state index contributed by atoms with van der Waals surface area (Å²) in [4.78, 5) is 31.4. The van der Waals surface area contributed by atoms with Crippen LogP contribution in [0, 0.1) is 5.92 Å². The molecule has 1 aliphatic heterocycles. The Bertz CT molecular complexity index is 803. The van der Waals surface area contributed by atoms with Crippen LogP contribution in [0.2, 0.25) is 5.02 Å². The molecule has 1 aliphatic rings. The zero-order chi connectivity index (χ0) is 19.2. The van der Waals surface area contributed by atoms with E-state index < -0.39 is 0 Å². The summed E-state index contributed by atoms with van der Waals surface area (Å²) in [6.45, 7) is 1.82. The van der Waals surface area contributed by atoms with Gasteiger partial charge in [0.1, 0.15) is 0 Å². The van der Waals surface area contributed by atoms with Crippen molar-refractivity contribution in [1.82, 2.24) is 15.2 Å². The minimum Gasteiger partial charge on any atom is -0.359 e. The van der Waals surface area contributed by atoms with Gasteiger partial charge in [-0.3, -0.25) is 14.5 Å². The van der Waals surface area contributed by atoms with Crippen LogP contribution in [-0.4, -0.2) is 48.4 Å². The van der Waals surface area contributed by atoms with Crippen LogP contribution in [0.15, 0.2) is 30.5 Å². The molecule has 1 fully saturated rings. The van der Waals surface area contributed by atoms with Crippen LogP contribution in [0.3, 0.4) is 0 Å². The van der Waals surface area contributed by atoms with E-state index in [0.717, 1.165) is 41.4 Å². The molecular formula is C19H23ClN4O2S. The maximum absolute atomic E-state index is 12.3.